The van der Waals surface area contributed by atoms with Gasteiger partial charge in [-0.1, -0.05) is 0 Å². The van der Waals surface area contributed by atoms with Crippen LogP contribution >= 0.6 is 11.3 Å². The zero-order chi connectivity index (χ0) is 18.9. The second kappa shape index (κ2) is 7.29. The largest absolute Gasteiger partial charge is 0.494 e. The van der Waals surface area contributed by atoms with Gasteiger partial charge in [0.2, 0.25) is 15.9 Å². The molecule has 1 atom stereocenters. The van der Waals surface area contributed by atoms with Crippen LogP contribution < -0.4 is 10.1 Å². The molecule has 0 bridgehead atoms. The highest BCUT2D eigenvalue weighted by Crippen LogP contribution is 2.29. The van der Waals surface area contributed by atoms with E-state index in [1.807, 2.05) is 0 Å². The number of benzene rings is 1. The van der Waals surface area contributed by atoms with Crippen molar-refractivity contribution in [3.8, 4) is 17.0 Å². The van der Waals surface area contributed by atoms with Crippen LogP contribution in [-0.4, -0.2) is 49.6 Å². The molecule has 1 aliphatic heterocycles. The first kappa shape index (κ1) is 18.7. The predicted octanol–water partition coefficient (Wildman–Crippen LogP) is 2.32. The van der Waals surface area contributed by atoms with Crippen LogP contribution in [0.3, 0.4) is 0 Å². The Labute approximate surface area is 154 Å². The van der Waals surface area contributed by atoms with Crippen molar-refractivity contribution in [3.63, 3.8) is 0 Å². The number of aromatic nitrogens is 1. The molecule has 1 aromatic carbocycles. The molecule has 1 saturated heterocycles. The lowest BCUT2D eigenvalue weighted by atomic mass is 10.1. The quantitative estimate of drug-likeness (QED) is 0.834. The van der Waals surface area contributed by atoms with Crippen molar-refractivity contribution in [2.45, 2.75) is 18.9 Å². The van der Waals surface area contributed by atoms with Gasteiger partial charge in [-0.15, -0.1) is 11.3 Å². The van der Waals surface area contributed by atoms with E-state index in [4.69, 9.17) is 4.74 Å². The molecule has 2 heterocycles. The number of hydrogen-bond acceptors (Lipinski definition) is 6. The number of ether oxygens (including phenoxy) is 1. The molecule has 7 nitrogen and oxygen atoms in total. The molecule has 10 heteroatoms. The van der Waals surface area contributed by atoms with Crippen molar-refractivity contribution in [1.82, 2.24) is 9.29 Å². The Morgan fingerprint density at radius 2 is 2.23 bits per heavy atom. The van der Waals surface area contributed by atoms with Crippen molar-refractivity contribution < 1.29 is 22.3 Å². The molecule has 2 aromatic rings. The Balaban J connectivity index is 1.74. The third-order valence-corrected chi connectivity index (χ3v) is 6.16. The Morgan fingerprint density at radius 3 is 2.88 bits per heavy atom. The number of carbonyl (C=O) groups excluding carboxylic acids is 1. The third kappa shape index (κ3) is 3.87. The Morgan fingerprint density at radius 1 is 1.46 bits per heavy atom. The maximum absolute atomic E-state index is 13.8. The molecule has 140 valence electrons. The topological polar surface area (TPSA) is 88.6 Å². The van der Waals surface area contributed by atoms with Gasteiger partial charge in [-0.3, -0.25) is 4.79 Å². The van der Waals surface area contributed by atoms with Gasteiger partial charge >= 0.3 is 0 Å². The summed E-state index contributed by atoms with van der Waals surface area (Å²) in [5.74, 6) is -0.771. The average Bonchev–Trinajstić information content (AvgIpc) is 3.23. The fourth-order valence-electron chi connectivity index (χ4n) is 2.88. The van der Waals surface area contributed by atoms with E-state index in [0.29, 0.717) is 35.8 Å². The van der Waals surface area contributed by atoms with Gasteiger partial charge in [0.1, 0.15) is 6.04 Å². The highest BCUT2D eigenvalue weighted by atomic mass is 32.2. The number of nitrogens with zero attached hydrogens (tertiary/aromatic N) is 2. The van der Waals surface area contributed by atoms with Gasteiger partial charge in [-0.25, -0.2) is 17.8 Å². The second-order valence-electron chi connectivity index (χ2n) is 5.91. The number of rotatable bonds is 5. The highest BCUT2D eigenvalue weighted by Gasteiger charge is 2.36. The maximum atomic E-state index is 13.8. The summed E-state index contributed by atoms with van der Waals surface area (Å²) in [4.78, 5) is 16.7. The van der Waals surface area contributed by atoms with Crippen molar-refractivity contribution >= 4 is 32.4 Å². The van der Waals surface area contributed by atoms with E-state index in [1.54, 1.807) is 11.4 Å². The number of carbonyl (C=O) groups is 1. The Bertz CT molecular complexity index is 929. The van der Waals surface area contributed by atoms with Gasteiger partial charge in [0.25, 0.3) is 0 Å². The van der Waals surface area contributed by atoms with E-state index in [1.165, 1.54) is 34.9 Å². The van der Waals surface area contributed by atoms with Gasteiger partial charge in [-0.05, 0) is 31.0 Å². The summed E-state index contributed by atoms with van der Waals surface area (Å²) in [5.41, 5.74) is 1.07. The lowest BCUT2D eigenvalue weighted by Gasteiger charge is -2.20. The van der Waals surface area contributed by atoms with Crippen LogP contribution in [-0.2, 0) is 14.8 Å². The van der Waals surface area contributed by atoms with Crippen LogP contribution in [0.1, 0.15) is 12.8 Å². The Hall–Kier alpha value is -2.04. The van der Waals surface area contributed by atoms with Gasteiger partial charge in [0, 0.05) is 17.5 Å². The van der Waals surface area contributed by atoms with Crippen LogP contribution in [0.4, 0.5) is 9.52 Å². The summed E-state index contributed by atoms with van der Waals surface area (Å²) in [5, 5.41) is 4.69. The van der Waals surface area contributed by atoms with Gasteiger partial charge in [0.15, 0.2) is 16.7 Å². The molecule has 1 aliphatic rings. The maximum Gasteiger partial charge on any atom is 0.244 e. The zero-order valence-electron chi connectivity index (χ0n) is 14.2. The fraction of sp³-hybridized carbons (Fsp3) is 0.375. The SMILES string of the molecule is COc1ccc(-c2csc(NC(=O)C3CCCN3S(C)(=O)=O)n2)cc1F. The zero-order valence-corrected chi connectivity index (χ0v) is 15.9. The third-order valence-electron chi connectivity index (χ3n) is 4.11. The molecule has 1 N–H and O–H groups in total. The fourth-order valence-corrected chi connectivity index (χ4v) is 4.72. The predicted molar refractivity (Wildman–Crippen MR) is 97.3 cm³/mol. The minimum absolute atomic E-state index is 0.139. The molecule has 1 unspecified atom stereocenters. The summed E-state index contributed by atoms with van der Waals surface area (Å²) in [6.07, 6.45) is 2.21. The smallest absolute Gasteiger partial charge is 0.244 e. The molecule has 0 spiro atoms. The summed E-state index contributed by atoms with van der Waals surface area (Å²) in [6, 6.07) is 3.76. The Kier molecular flexibility index (Phi) is 5.26. The molecule has 1 fully saturated rings. The van der Waals surface area contributed by atoms with E-state index >= 15 is 0 Å². The normalized spacial score (nSPS) is 18.0. The van der Waals surface area contributed by atoms with Crippen LogP contribution in [0.5, 0.6) is 5.75 Å². The number of thiazole rings is 1. The van der Waals surface area contributed by atoms with Crippen LogP contribution in [0.2, 0.25) is 0 Å². The van der Waals surface area contributed by atoms with E-state index < -0.39 is 27.8 Å². The first-order valence-electron chi connectivity index (χ1n) is 7.86. The number of halogens is 1. The van der Waals surface area contributed by atoms with Crippen LogP contribution in [0.15, 0.2) is 23.6 Å². The molecule has 1 aromatic heterocycles. The van der Waals surface area contributed by atoms with E-state index in [9.17, 15) is 17.6 Å². The number of sulfonamides is 1. The minimum atomic E-state index is -3.44. The van der Waals surface area contributed by atoms with Crippen LogP contribution in [0, 0.1) is 5.82 Å². The van der Waals surface area contributed by atoms with Gasteiger partial charge in [0.05, 0.1) is 19.1 Å². The summed E-state index contributed by atoms with van der Waals surface area (Å²) in [6.45, 7) is 0.338. The highest BCUT2D eigenvalue weighted by molar-refractivity contribution is 7.88. The minimum Gasteiger partial charge on any atom is -0.494 e. The first-order chi connectivity index (χ1) is 12.3. The summed E-state index contributed by atoms with van der Waals surface area (Å²) < 4.78 is 43.4. The molecular formula is C16H18FN3O4S2. The van der Waals surface area contributed by atoms with Crippen molar-refractivity contribution in [2.75, 3.05) is 25.2 Å². The van der Waals surface area contributed by atoms with Gasteiger partial charge < -0.3 is 10.1 Å². The lowest BCUT2D eigenvalue weighted by Crippen LogP contribution is -2.42. The number of hydrogen-bond donors (Lipinski definition) is 1. The standard InChI is InChI=1S/C16H18FN3O4S2/c1-24-14-6-5-10(8-11(14)17)12-9-25-16(18-12)19-15(21)13-4-3-7-20(13)26(2,22)23/h5-6,8-9,13H,3-4,7H2,1-2H3,(H,18,19,21). The molecular weight excluding hydrogens is 381 g/mol. The lowest BCUT2D eigenvalue weighted by molar-refractivity contribution is -0.119. The second-order valence-corrected chi connectivity index (χ2v) is 8.70. The van der Waals surface area contributed by atoms with Crippen molar-refractivity contribution in [1.29, 1.82) is 0 Å². The number of nitrogens with one attached hydrogen (secondary N) is 1. The van der Waals surface area contributed by atoms with Crippen molar-refractivity contribution in [3.05, 3.63) is 29.4 Å². The summed E-state index contributed by atoms with van der Waals surface area (Å²) in [7, 11) is -2.05. The number of anilines is 1. The number of methoxy groups -OCH3 is 1. The first-order valence-corrected chi connectivity index (χ1v) is 10.6. The monoisotopic (exact) mass is 399 g/mol. The van der Waals surface area contributed by atoms with E-state index in [2.05, 4.69) is 10.3 Å². The molecule has 0 saturated carbocycles. The number of amides is 1. The average molecular weight is 399 g/mol. The van der Waals surface area contributed by atoms with Crippen molar-refractivity contribution in [2.24, 2.45) is 0 Å². The molecule has 0 radical (unpaired) electrons. The summed E-state index contributed by atoms with van der Waals surface area (Å²) >= 11 is 1.19. The van der Waals surface area contributed by atoms with E-state index in [0.717, 1.165) is 6.26 Å². The molecule has 0 aliphatic carbocycles. The molecule has 1 amide bonds. The van der Waals surface area contributed by atoms with Gasteiger partial charge in [-0.2, -0.15) is 4.31 Å². The van der Waals surface area contributed by atoms with E-state index in [-0.39, 0.29) is 5.75 Å². The molecule has 26 heavy (non-hydrogen) atoms. The van der Waals surface area contributed by atoms with Crippen LogP contribution in [0.25, 0.3) is 11.3 Å². The molecule has 3 rings (SSSR count).